The van der Waals surface area contributed by atoms with Crippen LogP contribution in [0.4, 0.5) is 4.39 Å². The van der Waals surface area contributed by atoms with Crippen LogP contribution in [0.5, 0.6) is 5.75 Å². The molecule has 1 atom stereocenters. The van der Waals surface area contributed by atoms with Crippen molar-refractivity contribution in [2.24, 2.45) is 0 Å². The number of rotatable bonds is 5. The highest BCUT2D eigenvalue weighted by Crippen LogP contribution is 2.27. The van der Waals surface area contributed by atoms with E-state index in [-0.39, 0.29) is 11.7 Å². The van der Waals surface area contributed by atoms with Crippen molar-refractivity contribution in [1.29, 1.82) is 0 Å². The number of halogens is 2. The van der Waals surface area contributed by atoms with Gasteiger partial charge in [-0.15, -0.1) is 0 Å². The third kappa shape index (κ3) is 3.56. The molecule has 118 valence electrons. The molecule has 7 heteroatoms. The monoisotopic (exact) mass is 325 g/mol. The smallest absolute Gasteiger partial charge is 0.231 e. The fourth-order valence-corrected chi connectivity index (χ4v) is 2.82. The minimum absolute atomic E-state index is 0.288. The summed E-state index contributed by atoms with van der Waals surface area (Å²) in [5.41, 5.74) is 0. The highest BCUT2D eigenvalue weighted by atomic mass is 35.5. The van der Waals surface area contributed by atoms with Gasteiger partial charge < -0.3 is 9.26 Å². The Morgan fingerprint density at radius 2 is 2.36 bits per heavy atom. The zero-order valence-electron chi connectivity index (χ0n) is 12.3. The lowest BCUT2D eigenvalue weighted by Crippen LogP contribution is -2.26. The fraction of sp³-hybridized carbons (Fsp3) is 0.467. The van der Waals surface area contributed by atoms with E-state index in [0.29, 0.717) is 29.1 Å². The summed E-state index contributed by atoms with van der Waals surface area (Å²) in [5, 5.41) is 4.12. The number of benzene rings is 1. The van der Waals surface area contributed by atoms with E-state index in [1.165, 1.54) is 12.1 Å². The van der Waals surface area contributed by atoms with Crippen molar-refractivity contribution in [2.45, 2.75) is 19.3 Å². The first-order chi connectivity index (χ1) is 10.6. The predicted octanol–water partition coefficient (Wildman–Crippen LogP) is 3.04. The van der Waals surface area contributed by atoms with Gasteiger partial charge in [-0.3, -0.25) is 4.90 Å². The van der Waals surface area contributed by atoms with E-state index in [0.717, 1.165) is 26.1 Å². The van der Waals surface area contributed by atoms with Gasteiger partial charge in [-0.1, -0.05) is 16.8 Å². The maximum atomic E-state index is 13.0. The molecule has 5 nitrogen and oxygen atoms in total. The molecule has 1 aliphatic heterocycles. The summed E-state index contributed by atoms with van der Waals surface area (Å²) in [6, 6.07) is 4.14. The van der Waals surface area contributed by atoms with E-state index in [9.17, 15) is 4.39 Å². The van der Waals surface area contributed by atoms with Crippen LogP contribution < -0.4 is 4.74 Å². The second-order valence-electron chi connectivity index (χ2n) is 5.39. The number of hydrogen-bond donors (Lipinski definition) is 0. The van der Waals surface area contributed by atoms with Gasteiger partial charge in [0, 0.05) is 13.1 Å². The van der Waals surface area contributed by atoms with E-state index in [1.54, 1.807) is 6.07 Å². The van der Waals surface area contributed by atoms with E-state index in [4.69, 9.17) is 20.9 Å². The minimum atomic E-state index is -0.366. The molecule has 1 saturated heterocycles. The molecule has 2 heterocycles. The van der Waals surface area contributed by atoms with Gasteiger partial charge in [-0.05, 0) is 38.1 Å². The van der Waals surface area contributed by atoms with Crippen LogP contribution in [0.15, 0.2) is 22.7 Å². The molecule has 22 heavy (non-hydrogen) atoms. The third-order valence-corrected chi connectivity index (χ3v) is 4.02. The van der Waals surface area contributed by atoms with Crippen molar-refractivity contribution < 1.29 is 13.7 Å². The molecule has 1 unspecified atom stereocenters. The van der Waals surface area contributed by atoms with Crippen molar-refractivity contribution in [3.63, 3.8) is 0 Å². The molecule has 1 aliphatic rings. The van der Waals surface area contributed by atoms with Gasteiger partial charge in [0.1, 0.15) is 18.2 Å². The van der Waals surface area contributed by atoms with Crippen molar-refractivity contribution in [3.8, 4) is 5.75 Å². The Labute approximate surface area is 133 Å². The largest absolute Gasteiger partial charge is 0.491 e. The molecule has 0 amide bonds. The van der Waals surface area contributed by atoms with E-state index < -0.39 is 0 Å². The van der Waals surface area contributed by atoms with Crippen LogP contribution in [0.25, 0.3) is 0 Å². The standard InChI is InChI=1S/C15H17ClFN3O2/c1-10-18-15(22-19-10)11-4-5-20(9-11)6-7-21-14-3-2-12(17)8-13(14)16/h2-3,8,11H,4-7,9H2,1H3. The first kappa shape index (κ1) is 15.2. The normalized spacial score (nSPS) is 18.8. The minimum Gasteiger partial charge on any atom is -0.491 e. The van der Waals surface area contributed by atoms with Gasteiger partial charge in [0.15, 0.2) is 5.82 Å². The van der Waals surface area contributed by atoms with Crippen LogP contribution in [0.2, 0.25) is 5.02 Å². The van der Waals surface area contributed by atoms with Crippen LogP contribution in [0.1, 0.15) is 24.1 Å². The summed E-state index contributed by atoms with van der Waals surface area (Å²) < 4.78 is 23.8. The summed E-state index contributed by atoms with van der Waals surface area (Å²) in [6.45, 7) is 4.94. The zero-order chi connectivity index (χ0) is 15.5. The Bertz CT molecular complexity index is 649. The molecule has 0 spiro atoms. The molecular formula is C15H17ClFN3O2. The SMILES string of the molecule is Cc1noc(C2CCN(CCOc3ccc(F)cc3Cl)C2)n1. The lowest BCUT2D eigenvalue weighted by Gasteiger charge is -2.16. The van der Waals surface area contributed by atoms with Crippen LogP contribution in [-0.4, -0.2) is 41.3 Å². The highest BCUT2D eigenvalue weighted by Gasteiger charge is 2.27. The van der Waals surface area contributed by atoms with Crippen LogP contribution in [-0.2, 0) is 0 Å². The molecule has 2 aromatic rings. The Morgan fingerprint density at radius 1 is 1.50 bits per heavy atom. The molecule has 3 rings (SSSR count). The number of ether oxygens (including phenoxy) is 1. The lowest BCUT2D eigenvalue weighted by molar-refractivity contribution is 0.233. The third-order valence-electron chi connectivity index (χ3n) is 3.72. The Balaban J connectivity index is 1.47. The van der Waals surface area contributed by atoms with Crippen LogP contribution >= 0.6 is 11.6 Å². The van der Waals surface area contributed by atoms with Gasteiger partial charge in [-0.25, -0.2) is 4.39 Å². The molecule has 0 saturated carbocycles. The van der Waals surface area contributed by atoms with E-state index >= 15 is 0 Å². The van der Waals surface area contributed by atoms with Crippen molar-refractivity contribution in [2.75, 3.05) is 26.2 Å². The molecule has 1 fully saturated rings. The summed E-state index contributed by atoms with van der Waals surface area (Å²) in [5.74, 6) is 1.81. The molecule has 0 bridgehead atoms. The maximum absolute atomic E-state index is 13.0. The van der Waals surface area contributed by atoms with Crippen LogP contribution in [0, 0.1) is 12.7 Å². The van der Waals surface area contributed by atoms with Gasteiger partial charge in [0.05, 0.1) is 10.9 Å². The average Bonchev–Trinajstić information content (AvgIpc) is 3.10. The molecule has 1 aromatic carbocycles. The number of nitrogens with zero attached hydrogens (tertiary/aromatic N) is 3. The van der Waals surface area contributed by atoms with Gasteiger partial charge >= 0.3 is 0 Å². The topological polar surface area (TPSA) is 51.4 Å². The lowest BCUT2D eigenvalue weighted by atomic mass is 10.1. The first-order valence-corrected chi connectivity index (χ1v) is 7.60. The molecular weight excluding hydrogens is 309 g/mol. The fourth-order valence-electron chi connectivity index (χ4n) is 2.59. The zero-order valence-corrected chi connectivity index (χ0v) is 13.0. The predicted molar refractivity (Wildman–Crippen MR) is 79.7 cm³/mol. The van der Waals surface area contributed by atoms with Gasteiger partial charge in [-0.2, -0.15) is 4.98 Å². The number of hydrogen-bond acceptors (Lipinski definition) is 5. The summed E-state index contributed by atoms with van der Waals surface area (Å²) in [4.78, 5) is 6.57. The van der Waals surface area contributed by atoms with E-state index in [1.807, 2.05) is 6.92 Å². The quantitative estimate of drug-likeness (QED) is 0.845. The molecule has 0 aliphatic carbocycles. The highest BCUT2D eigenvalue weighted by molar-refractivity contribution is 6.32. The van der Waals surface area contributed by atoms with Crippen LogP contribution in [0.3, 0.4) is 0 Å². The molecule has 0 N–H and O–H groups in total. The number of aryl methyl sites for hydroxylation is 1. The van der Waals surface area contributed by atoms with Crippen molar-refractivity contribution >= 4 is 11.6 Å². The summed E-state index contributed by atoms with van der Waals surface area (Å²) in [6.07, 6.45) is 0.999. The van der Waals surface area contributed by atoms with Gasteiger partial charge in [0.25, 0.3) is 0 Å². The average molecular weight is 326 g/mol. The molecule has 0 radical (unpaired) electrons. The Hall–Kier alpha value is -1.66. The number of aromatic nitrogens is 2. The van der Waals surface area contributed by atoms with Crippen molar-refractivity contribution in [1.82, 2.24) is 15.0 Å². The second-order valence-corrected chi connectivity index (χ2v) is 5.80. The summed E-state index contributed by atoms with van der Waals surface area (Å²) >= 11 is 5.92. The Kier molecular flexibility index (Phi) is 4.59. The first-order valence-electron chi connectivity index (χ1n) is 7.22. The summed E-state index contributed by atoms with van der Waals surface area (Å²) in [7, 11) is 0. The second kappa shape index (κ2) is 6.62. The van der Waals surface area contributed by atoms with E-state index in [2.05, 4.69) is 15.0 Å². The maximum Gasteiger partial charge on any atom is 0.231 e. The molecule has 1 aromatic heterocycles. The Morgan fingerprint density at radius 3 is 3.09 bits per heavy atom. The van der Waals surface area contributed by atoms with Gasteiger partial charge in [0.2, 0.25) is 5.89 Å². The number of likely N-dealkylation sites (tertiary alicyclic amines) is 1. The van der Waals surface area contributed by atoms with Crippen molar-refractivity contribution in [3.05, 3.63) is 40.8 Å².